The lowest BCUT2D eigenvalue weighted by atomic mass is 10.0. The topological polar surface area (TPSA) is 20.3 Å². The lowest BCUT2D eigenvalue weighted by Gasteiger charge is -2.24. The molecule has 0 radical (unpaired) electrons. The predicted molar refractivity (Wildman–Crippen MR) is 80.2 cm³/mol. The van der Waals surface area contributed by atoms with Gasteiger partial charge in [0, 0.05) is 18.7 Å². The van der Waals surface area contributed by atoms with Crippen molar-refractivity contribution >= 4 is 11.6 Å². The first-order valence-corrected chi connectivity index (χ1v) is 7.33. The molecule has 1 amide bonds. The van der Waals surface area contributed by atoms with Crippen molar-refractivity contribution in [2.75, 3.05) is 11.4 Å². The van der Waals surface area contributed by atoms with Crippen molar-refractivity contribution in [3.8, 4) is 0 Å². The number of nitrogens with zero attached hydrogens (tertiary/aromatic N) is 1. The van der Waals surface area contributed by atoms with E-state index in [4.69, 9.17) is 0 Å². The SMILES string of the molecule is CCCCN(C(=O)CC1C=CCC1)c1ccccc1. The Morgan fingerprint density at radius 2 is 2.11 bits per heavy atom. The van der Waals surface area contributed by atoms with Crippen molar-refractivity contribution in [3.05, 3.63) is 42.5 Å². The third kappa shape index (κ3) is 3.95. The van der Waals surface area contributed by atoms with E-state index in [0.29, 0.717) is 12.3 Å². The van der Waals surface area contributed by atoms with Gasteiger partial charge in [-0.25, -0.2) is 0 Å². The Labute approximate surface area is 116 Å². The molecule has 0 heterocycles. The van der Waals surface area contributed by atoms with E-state index < -0.39 is 0 Å². The second-order valence-electron chi connectivity index (χ2n) is 5.20. The van der Waals surface area contributed by atoms with Gasteiger partial charge in [-0.2, -0.15) is 0 Å². The molecule has 102 valence electrons. The Morgan fingerprint density at radius 1 is 1.32 bits per heavy atom. The van der Waals surface area contributed by atoms with E-state index in [0.717, 1.165) is 37.9 Å². The highest BCUT2D eigenvalue weighted by molar-refractivity contribution is 5.93. The van der Waals surface area contributed by atoms with Gasteiger partial charge in [-0.3, -0.25) is 4.79 Å². The fraction of sp³-hybridized carbons (Fsp3) is 0.471. The summed E-state index contributed by atoms with van der Waals surface area (Å²) in [4.78, 5) is 14.5. The number of anilines is 1. The summed E-state index contributed by atoms with van der Waals surface area (Å²) in [5.41, 5.74) is 1.03. The molecule has 19 heavy (non-hydrogen) atoms. The number of carbonyl (C=O) groups excluding carboxylic acids is 1. The van der Waals surface area contributed by atoms with Crippen LogP contribution in [-0.2, 0) is 4.79 Å². The molecule has 0 bridgehead atoms. The van der Waals surface area contributed by atoms with Gasteiger partial charge >= 0.3 is 0 Å². The molecule has 1 aliphatic carbocycles. The molecule has 1 aromatic carbocycles. The number of para-hydroxylation sites is 1. The van der Waals surface area contributed by atoms with E-state index in [1.54, 1.807) is 0 Å². The van der Waals surface area contributed by atoms with E-state index in [1.807, 2.05) is 35.2 Å². The standard InChI is InChI=1S/C17H23NO/c1-2-3-13-18(16-11-5-4-6-12-16)17(19)14-15-9-7-8-10-15/h4-7,9,11-12,15H,2-3,8,10,13-14H2,1H3. The summed E-state index contributed by atoms with van der Waals surface area (Å²) in [5.74, 6) is 0.705. The maximum Gasteiger partial charge on any atom is 0.227 e. The minimum Gasteiger partial charge on any atom is -0.312 e. The maximum absolute atomic E-state index is 12.5. The molecule has 0 N–H and O–H groups in total. The van der Waals surface area contributed by atoms with Crippen molar-refractivity contribution in [2.45, 2.75) is 39.0 Å². The second-order valence-corrected chi connectivity index (χ2v) is 5.20. The van der Waals surface area contributed by atoms with Crippen LogP contribution in [0.1, 0.15) is 39.0 Å². The zero-order valence-electron chi connectivity index (χ0n) is 11.7. The first kappa shape index (κ1) is 13.9. The largest absolute Gasteiger partial charge is 0.312 e. The molecule has 1 unspecified atom stereocenters. The highest BCUT2D eigenvalue weighted by Crippen LogP contribution is 2.23. The zero-order valence-corrected chi connectivity index (χ0v) is 11.7. The van der Waals surface area contributed by atoms with Crippen molar-refractivity contribution in [1.82, 2.24) is 0 Å². The highest BCUT2D eigenvalue weighted by Gasteiger charge is 2.20. The lowest BCUT2D eigenvalue weighted by Crippen LogP contribution is -2.32. The first-order chi connectivity index (χ1) is 9.31. The minimum atomic E-state index is 0.260. The zero-order chi connectivity index (χ0) is 13.5. The van der Waals surface area contributed by atoms with Gasteiger partial charge in [0.15, 0.2) is 0 Å². The van der Waals surface area contributed by atoms with Crippen LogP contribution in [0.2, 0.25) is 0 Å². The summed E-state index contributed by atoms with van der Waals surface area (Å²) in [7, 11) is 0. The van der Waals surface area contributed by atoms with Gasteiger partial charge in [0.05, 0.1) is 0 Å². The molecule has 0 aliphatic heterocycles. The predicted octanol–water partition coefficient (Wildman–Crippen LogP) is 4.18. The second kappa shape index (κ2) is 7.13. The van der Waals surface area contributed by atoms with Crippen LogP contribution in [0, 0.1) is 5.92 Å². The normalized spacial score (nSPS) is 17.6. The van der Waals surface area contributed by atoms with Crippen LogP contribution in [0.5, 0.6) is 0 Å². The minimum absolute atomic E-state index is 0.260. The third-order valence-electron chi connectivity index (χ3n) is 3.65. The Kier molecular flexibility index (Phi) is 5.20. The van der Waals surface area contributed by atoms with E-state index in [9.17, 15) is 4.79 Å². The molecular formula is C17H23NO. The number of carbonyl (C=O) groups is 1. The molecule has 0 saturated heterocycles. The van der Waals surface area contributed by atoms with Gasteiger partial charge in [0.1, 0.15) is 0 Å². The third-order valence-corrected chi connectivity index (χ3v) is 3.65. The molecule has 2 rings (SSSR count). The monoisotopic (exact) mass is 257 g/mol. The molecule has 0 saturated carbocycles. The number of hydrogen-bond acceptors (Lipinski definition) is 1. The first-order valence-electron chi connectivity index (χ1n) is 7.33. The Bertz CT molecular complexity index is 424. The number of hydrogen-bond donors (Lipinski definition) is 0. The van der Waals surface area contributed by atoms with Crippen LogP contribution in [0.4, 0.5) is 5.69 Å². The van der Waals surface area contributed by atoms with Crippen LogP contribution >= 0.6 is 0 Å². The number of benzene rings is 1. The van der Waals surface area contributed by atoms with Gasteiger partial charge < -0.3 is 4.90 Å². The Morgan fingerprint density at radius 3 is 2.74 bits per heavy atom. The van der Waals surface area contributed by atoms with E-state index >= 15 is 0 Å². The average Bonchev–Trinajstić information content (AvgIpc) is 2.93. The molecule has 2 heteroatoms. The molecule has 0 fully saturated rings. The van der Waals surface area contributed by atoms with Crippen molar-refractivity contribution in [3.63, 3.8) is 0 Å². The van der Waals surface area contributed by atoms with Gasteiger partial charge in [-0.05, 0) is 37.3 Å². The van der Waals surface area contributed by atoms with Gasteiger partial charge in [-0.15, -0.1) is 0 Å². The summed E-state index contributed by atoms with van der Waals surface area (Å²) >= 11 is 0. The van der Waals surface area contributed by atoms with Gasteiger partial charge in [0.25, 0.3) is 0 Å². The van der Waals surface area contributed by atoms with Gasteiger partial charge in [0.2, 0.25) is 5.91 Å². The van der Waals surface area contributed by atoms with Crippen LogP contribution in [0.25, 0.3) is 0 Å². The Hall–Kier alpha value is -1.57. The highest BCUT2D eigenvalue weighted by atomic mass is 16.2. The van der Waals surface area contributed by atoms with E-state index in [1.165, 1.54) is 0 Å². The summed E-state index contributed by atoms with van der Waals surface area (Å²) in [6, 6.07) is 10.0. The lowest BCUT2D eigenvalue weighted by molar-refractivity contribution is -0.119. The molecular weight excluding hydrogens is 234 g/mol. The quantitative estimate of drug-likeness (QED) is 0.700. The average molecular weight is 257 g/mol. The number of rotatable bonds is 6. The van der Waals surface area contributed by atoms with E-state index in [-0.39, 0.29) is 5.91 Å². The molecule has 1 aromatic rings. The van der Waals surface area contributed by atoms with Gasteiger partial charge in [-0.1, -0.05) is 43.7 Å². The fourth-order valence-corrected chi connectivity index (χ4v) is 2.52. The van der Waals surface area contributed by atoms with Crippen molar-refractivity contribution in [1.29, 1.82) is 0 Å². The Balaban J connectivity index is 2.03. The van der Waals surface area contributed by atoms with Crippen LogP contribution in [-0.4, -0.2) is 12.5 Å². The van der Waals surface area contributed by atoms with Crippen LogP contribution < -0.4 is 4.90 Å². The van der Waals surface area contributed by atoms with Crippen LogP contribution in [0.15, 0.2) is 42.5 Å². The molecule has 1 atom stereocenters. The van der Waals surface area contributed by atoms with E-state index in [2.05, 4.69) is 19.1 Å². The molecule has 1 aliphatic rings. The number of amides is 1. The maximum atomic E-state index is 12.5. The fourth-order valence-electron chi connectivity index (χ4n) is 2.52. The van der Waals surface area contributed by atoms with Crippen molar-refractivity contribution in [2.24, 2.45) is 5.92 Å². The van der Waals surface area contributed by atoms with Crippen LogP contribution in [0.3, 0.4) is 0 Å². The summed E-state index contributed by atoms with van der Waals surface area (Å²) < 4.78 is 0. The summed E-state index contributed by atoms with van der Waals surface area (Å²) in [6.45, 7) is 2.99. The smallest absolute Gasteiger partial charge is 0.227 e. The molecule has 0 aromatic heterocycles. The summed E-state index contributed by atoms with van der Waals surface area (Å²) in [6.07, 6.45) is 9.45. The molecule has 2 nitrogen and oxygen atoms in total. The summed E-state index contributed by atoms with van der Waals surface area (Å²) in [5, 5.41) is 0. The van der Waals surface area contributed by atoms with Crippen molar-refractivity contribution < 1.29 is 4.79 Å². The molecule has 0 spiro atoms. The number of unbranched alkanes of at least 4 members (excludes halogenated alkanes) is 1. The number of allylic oxidation sites excluding steroid dienone is 2.